The molecule has 5 rings (SSSR count). The number of piperidine rings is 1. The number of nitrogens with one attached hydrogen (secondary N) is 2. The smallest absolute Gasteiger partial charge is 0.270 e. The number of aromatic amines is 1. The molecule has 1 saturated carbocycles. The van der Waals surface area contributed by atoms with Crippen LogP contribution in [0.15, 0.2) is 29.8 Å². The van der Waals surface area contributed by atoms with Crippen molar-refractivity contribution in [3.05, 3.63) is 51.9 Å². The normalized spacial score (nSPS) is 17.9. The summed E-state index contributed by atoms with van der Waals surface area (Å²) in [7, 11) is 0. The number of nitrogens with zero attached hydrogens (tertiary/aromatic N) is 2. The van der Waals surface area contributed by atoms with Gasteiger partial charge in [0.1, 0.15) is 11.5 Å². The van der Waals surface area contributed by atoms with Crippen LogP contribution in [-0.2, 0) is 11.2 Å². The molecule has 2 amide bonds. The van der Waals surface area contributed by atoms with Crippen molar-refractivity contribution in [1.82, 2.24) is 20.2 Å². The molecule has 1 aliphatic carbocycles. The van der Waals surface area contributed by atoms with Crippen LogP contribution in [-0.4, -0.2) is 46.3 Å². The molecule has 1 saturated heterocycles. The molecule has 34 heavy (non-hydrogen) atoms. The molecule has 2 aromatic heterocycles. The summed E-state index contributed by atoms with van der Waals surface area (Å²) in [5.74, 6) is 0.428. The van der Waals surface area contributed by atoms with Gasteiger partial charge in [-0.05, 0) is 55.9 Å². The summed E-state index contributed by atoms with van der Waals surface area (Å²) in [5.41, 5.74) is 2.31. The van der Waals surface area contributed by atoms with E-state index in [0.29, 0.717) is 30.5 Å². The van der Waals surface area contributed by atoms with E-state index in [9.17, 15) is 14.0 Å². The first-order valence-electron chi connectivity index (χ1n) is 12.4. The van der Waals surface area contributed by atoms with Crippen LogP contribution in [0.4, 0.5) is 4.39 Å². The minimum atomic E-state index is -0.267. The van der Waals surface area contributed by atoms with Crippen molar-refractivity contribution in [2.24, 2.45) is 5.92 Å². The molecular formula is C26H31FN4O2S. The van der Waals surface area contributed by atoms with Crippen LogP contribution < -0.4 is 5.32 Å². The van der Waals surface area contributed by atoms with Gasteiger partial charge in [0.25, 0.3) is 5.91 Å². The number of halogens is 1. The number of amides is 2. The van der Waals surface area contributed by atoms with Crippen molar-refractivity contribution < 1.29 is 14.0 Å². The standard InChI is InChI=1S/C26H31FN4O2S/c27-20-6-7-22-21(14-20)19(15-29-22)8-11-28-24(32)23-16-34-25(30-23)17-9-12-31(13-10-17)26(33)18-4-2-1-3-5-18/h6-7,14-18,29H,1-5,8-13H2,(H,28,32). The highest BCUT2D eigenvalue weighted by Gasteiger charge is 2.30. The molecule has 3 heterocycles. The third-order valence-electron chi connectivity index (χ3n) is 7.27. The average Bonchev–Trinajstić information content (AvgIpc) is 3.52. The predicted octanol–water partition coefficient (Wildman–Crippen LogP) is 5.02. The highest BCUT2D eigenvalue weighted by Crippen LogP contribution is 2.32. The van der Waals surface area contributed by atoms with Crippen LogP contribution >= 0.6 is 11.3 Å². The minimum absolute atomic E-state index is 0.182. The quantitative estimate of drug-likeness (QED) is 0.518. The van der Waals surface area contributed by atoms with E-state index in [1.807, 2.05) is 16.5 Å². The van der Waals surface area contributed by atoms with Gasteiger partial charge in [0.15, 0.2) is 0 Å². The van der Waals surface area contributed by atoms with E-state index in [1.165, 1.54) is 42.7 Å². The van der Waals surface area contributed by atoms with Gasteiger partial charge >= 0.3 is 0 Å². The Morgan fingerprint density at radius 2 is 1.94 bits per heavy atom. The second-order valence-corrected chi connectivity index (χ2v) is 10.4. The van der Waals surface area contributed by atoms with E-state index >= 15 is 0 Å². The molecule has 0 unspecified atom stereocenters. The molecule has 0 atom stereocenters. The van der Waals surface area contributed by atoms with E-state index in [1.54, 1.807) is 6.07 Å². The van der Waals surface area contributed by atoms with E-state index in [-0.39, 0.29) is 17.6 Å². The molecular weight excluding hydrogens is 451 g/mol. The maximum Gasteiger partial charge on any atom is 0.270 e. The fourth-order valence-electron chi connectivity index (χ4n) is 5.29. The number of hydrogen-bond donors (Lipinski definition) is 2. The Bertz CT molecular complexity index is 1160. The molecule has 3 aromatic rings. The van der Waals surface area contributed by atoms with E-state index in [2.05, 4.69) is 15.3 Å². The molecule has 2 N–H and O–H groups in total. The van der Waals surface area contributed by atoms with Crippen molar-refractivity contribution in [3.63, 3.8) is 0 Å². The Hall–Kier alpha value is -2.74. The fourth-order valence-corrected chi connectivity index (χ4v) is 6.26. The zero-order chi connectivity index (χ0) is 23.5. The molecule has 2 aliphatic rings. The number of fused-ring (bicyclic) bond motifs is 1. The Labute approximate surface area is 203 Å². The molecule has 1 aromatic carbocycles. The largest absolute Gasteiger partial charge is 0.361 e. The fraction of sp³-hybridized carbons (Fsp3) is 0.500. The van der Waals surface area contributed by atoms with Gasteiger partial charge in [0.05, 0.1) is 5.01 Å². The molecule has 0 radical (unpaired) electrons. The average molecular weight is 483 g/mol. The number of likely N-dealkylation sites (tertiary alicyclic amines) is 1. The third-order valence-corrected chi connectivity index (χ3v) is 8.28. The lowest BCUT2D eigenvalue weighted by atomic mass is 9.87. The summed E-state index contributed by atoms with van der Waals surface area (Å²) in [6.07, 6.45) is 9.99. The van der Waals surface area contributed by atoms with Crippen molar-refractivity contribution in [2.75, 3.05) is 19.6 Å². The summed E-state index contributed by atoms with van der Waals surface area (Å²) in [5, 5.41) is 6.59. The van der Waals surface area contributed by atoms with Gasteiger partial charge in [-0.2, -0.15) is 0 Å². The maximum absolute atomic E-state index is 13.6. The van der Waals surface area contributed by atoms with Crippen LogP contribution in [0.3, 0.4) is 0 Å². The van der Waals surface area contributed by atoms with Crippen LogP contribution in [0.2, 0.25) is 0 Å². The Kier molecular flexibility index (Phi) is 6.94. The third kappa shape index (κ3) is 5.02. The van der Waals surface area contributed by atoms with Gasteiger partial charge in [0, 0.05) is 53.9 Å². The van der Waals surface area contributed by atoms with Gasteiger partial charge < -0.3 is 15.2 Å². The second-order valence-electron chi connectivity index (χ2n) is 9.52. The Morgan fingerprint density at radius 1 is 1.15 bits per heavy atom. The molecule has 180 valence electrons. The summed E-state index contributed by atoms with van der Waals surface area (Å²) in [6.45, 7) is 2.02. The number of benzene rings is 1. The lowest BCUT2D eigenvalue weighted by Gasteiger charge is -2.34. The van der Waals surface area contributed by atoms with Crippen LogP contribution in [0, 0.1) is 11.7 Å². The highest BCUT2D eigenvalue weighted by atomic mass is 32.1. The van der Waals surface area contributed by atoms with Gasteiger partial charge in [-0.1, -0.05) is 19.3 Å². The van der Waals surface area contributed by atoms with E-state index in [4.69, 9.17) is 0 Å². The Morgan fingerprint density at radius 3 is 2.74 bits per heavy atom. The number of carbonyl (C=O) groups excluding carboxylic acids is 2. The van der Waals surface area contributed by atoms with E-state index in [0.717, 1.165) is 60.2 Å². The molecule has 2 fully saturated rings. The summed E-state index contributed by atoms with van der Waals surface area (Å²) in [6, 6.07) is 4.67. The number of rotatable bonds is 6. The molecule has 0 spiro atoms. The molecule has 8 heteroatoms. The first-order valence-corrected chi connectivity index (χ1v) is 13.2. The summed E-state index contributed by atoms with van der Waals surface area (Å²) in [4.78, 5) is 35.2. The lowest BCUT2D eigenvalue weighted by molar-refractivity contribution is -0.137. The van der Waals surface area contributed by atoms with Crippen molar-refractivity contribution in [3.8, 4) is 0 Å². The first kappa shape index (κ1) is 23.0. The monoisotopic (exact) mass is 482 g/mol. The number of thiazole rings is 1. The minimum Gasteiger partial charge on any atom is -0.361 e. The van der Waals surface area contributed by atoms with Gasteiger partial charge in [0.2, 0.25) is 5.91 Å². The second kappa shape index (κ2) is 10.3. The van der Waals surface area contributed by atoms with E-state index < -0.39 is 0 Å². The molecule has 1 aliphatic heterocycles. The highest BCUT2D eigenvalue weighted by molar-refractivity contribution is 7.09. The van der Waals surface area contributed by atoms with Gasteiger partial charge in [-0.3, -0.25) is 9.59 Å². The summed E-state index contributed by atoms with van der Waals surface area (Å²) >= 11 is 1.53. The number of carbonyl (C=O) groups is 2. The maximum atomic E-state index is 13.6. The summed E-state index contributed by atoms with van der Waals surface area (Å²) < 4.78 is 13.6. The zero-order valence-electron chi connectivity index (χ0n) is 19.3. The number of aromatic nitrogens is 2. The van der Waals surface area contributed by atoms with Gasteiger partial charge in [-0.25, -0.2) is 9.37 Å². The van der Waals surface area contributed by atoms with Crippen LogP contribution in [0.1, 0.15) is 71.9 Å². The molecule has 0 bridgehead atoms. The zero-order valence-corrected chi connectivity index (χ0v) is 20.1. The number of H-pyrrole nitrogens is 1. The van der Waals surface area contributed by atoms with Crippen molar-refractivity contribution in [1.29, 1.82) is 0 Å². The van der Waals surface area contributed by atoms with Crippen LogP contribution in [0.5, 0.6) is 0 Å². The first-order chi connectivity index (χ1) is 16.6. The SMILES string of the molecule is O=C(NCCc1c[nH]c2ccc(F)cc12)c1csc(C2CCN(C(=O)C3CCCCC3)CC2)n1. The van der Waals surface area contributed by atoms with Gasteiger partial charge in [-0.15, -0.1) is 11.3 Å². The lowest BCUT2D eigenvalue weighted by Crippen LogP contribution is -2.41. The Balaban J connectivity index is 1.11. The molecule has 6 nitrogen and oxygen atoms in total. The number of hydrogen-bond acceptors (Lipinski definition) is 4. The van der Waals surface area contributed by atoms with Crippen LogP contribution in [0.25, 0.3) is 10.9 Å². The topological polar surface area (TPSA) is 78.1 Å². The van der Waals surface area contributed by atoms with Crippen molar-refractivity contribution in [2.45, 2.75) is 57.3 Å². The predicted molar refractivity (Wildman–Crippen MR) is 132 cm³/mol. The van der Waals surface area contributed by atoms with Crippen molar-refractivity contribution >= 4 is 34.1 Å².